The summed E-state index contributed by atoms with van der Waals surface area (Å²) in [5.74, 6) is -0.449. The van der Waals surface area contributed by atoms with Crippen LogP contribution in [0.15, 0.2) is 58.3 Å². The number of sulfone groups is 1. The second kappa shape index (κ2) is 8.95. The minimum absolute atomic E-state index is 0.00416. The van der Waals surface area contributed by atoms with Crippen LogP contribution in [0.1, 0.15) is 24.1 Å². The topological polar surface area (TPSA) is 116 Å². The molecule has 0 fully saturated rings. The summed E-state index contributed by atoms with van der Waals surface area (Å²) in [6.45, 7) is 1.34. The van der Waals surface area contributed by atoms with Crippen LogP contribution in [0.25, 0.3) is 0 Å². The van der Waals surface area contributed by atoms with Crippen molar-refractivity contribution in [2.75, 3.05) is 26.9 Å². The quantitative estimate of drug-likeness (QED) is 0.636. The third kappa shape index (κ3) is 5.05. The van der Waals surface area contributed by atoms with E-state index in [2.05, 4.69) is 0 Å². The van der Waals surface area contributed by atoms with Gasteiger partial charge in [-0.15, -0.1) is 0 Å². The highest BCUT2D eigenvalue weighted by molar-refractivity contribution is 7.90. The number of benzene rings is 2. The zero-order valence-electron chi connectivity index (χ0n) is 17.1. The van der Waals surface area contributed by atoms with Crippen LogP contribution in [0.2, 0.25) is 0 Å². The van der Waals surface area contributed by atoms with Gasteiger partial charge in [-0.1, -0.05) is 24.3 Å². The van der Waals surface area contributed by atoms with Gasteiger partial charge in [0.25, 0.3) is 0 Å². The van der Waals surface area contributed by atoms with Crippen LogP contribution in [0.3, 0.4) is 0 Å². The number of carbonyl (C=O) groups excluding carboxylic acids is 1. The van der Waals surface area contributed by atoms with Gasteiger partial charge in [0.05, 0.1) is 27.9 Å². The number of nitriles is 1. The second-order valence-electron chi connectivity index (χ2n) is 6.89. The van der Waals surface area contributed by atoms with Gasteiger partial charge in [0.2, 0.25) is 15.9 Å². The Labute approximate surface area is 177 Å². The van der Waals surface area contributed by atoms with Crippen LogP contribution < -0.4 is 0 Å². The fourth-order valence-electron chi connectivity index (χ4n) is 2.77. The Balaban J connectivity index is 2.17. The Kier molecular flexibility index (Phi) is 7.02. The van der Waals surface area contributed by atoms with E-state index >= 15 is 0 Å². The maximum absolute atomic E-state index is 12.8. The molecule has 0 spiro atoms. The first-order valence-corrected chi connectivity index (χ1v) is 12.2. The van der Waals surface area contributed by atoms with Crippen molar-refractivity contribution >= 4 is 25.8 Å². The Morgan fingerprint density at radius 1 is 1.03 bits per heavy atom. The van der Waals surface area contributed by atoms with Gasteiger partial charge in [0.15, 0.2) is 9.84 Å². The SMILES string of the molecule is CC(c1ccc(S(C)(=O)=O)cc1)N(C)C(=O)CN(C)S(=O)(=O)c1ccccc1C#N. The van der Waals surface area contributed by atoms with Crippen LogP contribution >= 0.6 is 0 Å². The highest BCUT2D eigenvalue weighted by atomic mass is 32.2. The van der Waals surface area contributed by atoms with E-state index in [4.69, 9.17) is 5.26 Å². The average molecular weight is 450 g/mol. The van der Waals surface area contributed by atoms with Gasteiger partial charge in [0.1, 0.15) is 6.07 Å². The first-order chi connectivity index (χ1) is 13.9. The summed E-state index contributed by atoms with van der Waals surface area (Å²) in [5.41, 5.74) is 0.711. The van der Waals surface area contributed by atoms with Crippen molar-refractivity contribution in [2.24, 2.45) is 0 Å². The Bertz CT molecular complexity index is 1180. The van der Waals surface area contributed by atoms with E-state index < -0.39 is 38.4 Å². The maximum atomic E-state index is 12.8. The standard InChI is InChI=1S/C20H23N3O5S2/c1-15(16-9-11-18(12-10-16)29(4,25)26)23(3)20(24)14-22(2)30(27,28)19-8-6-5-7-17(19)13-21/h5-12,15H,14H2,1-4H3. The lowest BCUT2D eigenvalue weighted by Gasteiger charge is -2.27. The molecule has 1 amide bonds. The van der Waals surface area contributed by atoms with E-state index in [1.165, 1.54) is 42.3 Å². The summed E-state index contributed by atoms with van der Waals surface area (Å²) in [5, 5.41) is 9.16. The van der Waals surface area contributed by atoms with Crippen LogP contribution in [0.4, 0.5) is 0 Å². The van der Waals surface area contributed by atoms with E-state index in [1.54, 1.807) is 32.2 Å². The van der Waals surface area contributed by atoms with Crippen LogP contribution in [0.5, 0.6) is 0 Å². The highest BCUT2D eigenvalue weighted by Gasteiger charge is 2.28. The van der Waals surface area contributed by atoms with Gasteiger partial charge in [0, 0.05) is 20.4 Å². The summed E-state index contributed by atoms with van der Waals surface area (Å²) in [6, 6.07) is 13.4. The summed E-state index contributed by atoms with van der Waals surface area (Å²) in [6.07, 6.45) is 1.11. The molecular formula is C20H23N3O5S2. The van der Waals surface area contributed by atoms with E-state index in [-0.39, 0.29) is 15.4 Å². The molecule has 0 heterocycles. The van der Waals surface area contributed by atoms with Crippen molar-refractivity contribution in [1.29, 1.82) is 5.26 Å². The van der Waals surface area contributed by atoms with Gasteiger partial charge >= 0.3 is 0 Å². The predicted octanol–water partition coefficient (Wildman–Crippen LogP) is 1.80. The molecule has 0 aliphatic rings. The molecule has 0 radical (unpaired) electrons. The first kappa shape index (κ1) is 23.5. The number of carbonyl (C=O) groups is 1. The number of nitrogens with zero attached hydrogens (tertiary/aromatic N) is 3. The molecule has 2 aromatic rings. The molecular weight excluding hydrogens is 426 g/mol. The number of hydrogen-bond acceptors (Lipinski definition) is 6. The average Bonchev–Trinajstić information content (AvgIpc) is 2.71. The molecule has 8 nitrogen and oxygen atoms in total. The number of likely N-dealkylation sites (N-methyl/N-ethyl adjacent to an activating group) is 2. The van der Waals surface area contributed by atoms with Gasteiger partial charge < -0.3 is 4.90 Å². The number of amides is 1. The minimum Gasteiger partial charge on any atom is -0.338 e. The molecule has 1 unspecified atom stereocenters. The molecule has 160 valence electrons. The normalized spacial score (nSPS) is 12.9. The lowest BCUT2D eigenvalue weighted by atomic mass is 10.1. The fourth-order valence-corrected chi connectivity index (χ4v) is 4.66. The van der Waals surface area contributed by atoms with Crippen molar-refractivity contribution in [3.05, 3.63) is 59.7 Å². The zero-order valence-corrected chi connectivity index (χ0v) is 18.7. The van der Waals surface area contributed by atoms with Crippen molar-refractivity contribution in [1.82, 2.24) is 9.21 Å². The third-order valence-corrected chi connectivity index (χ3v) is 7.81. The summed E-state index contributed by atoms with van der Waals surface area (Å²) < 4.78 is 49.7. The highest BCUT2D eigenvalue weighted by Crippen LogP contribution is 2.22. The summed E-state index contributed by atoms with van der Waals surface area (Å²) >= 11 is 0. The molecule has 0 N–H and O–H groups in total. The van der Waals surface area contributed by atoms with Gasteiger partial charge in [-0.3, -0.25) is 4.79 Å². The van der Waals surface area contributed by atoms with E-state index in [0.29, 0.717) is 5.56 Å². The Morgan fingerprint density at radius 3 is 2.13 bits per heavy atom. The molecule has 0 bridgehead atoms. The van der Waals surface area contributed by atoms with Crippen LogP contribution in [-0.2, 0) is 24.7 Å². The van der Waals surface area contributed by atoms with Crippen molar-refractivity contribution in [2.45, 2.75) is 22.8 Å². The van der Waals surface area contributed by atoms with Gasteiger partial charge in [-0.25, -0.2) is 16.8 Å². The third-order valence-electron chi connectivity index (χ3n) is 4.82. The largest absolute Gasteiger partial charge is 0.338 e. The molecule has 30 heavy (non-hydrogen) atoms. The van der Waals surface area contributed by atoms with Crippen molar-refractivity contribution in [3.63, 3.8) is 0 Å². The second-order valence-corrected chi connectivity index (χ2v) is 10.9. The predicted molar refractivity (Wildman–Crippen MR) is 112 cm³/mol. The smallest absolute Gasteiger partial charge is 0.244 e. The molecule has 0 aromatic heterocycles. The lowest BCUT2D eigenvalue weighted by Crippen LogP contribution is -2.40. The molecule has 2 aromatic carbocycles. The first-order valence-electron chi connectivity index (χ1n) is 8.90. The van der Waals surface area contributed by atoms with E-state index in [0.717, 1.165) is 10.6 Å². The Morgan fingerprint density at radius 2 is 1.60 bits per heavy atom. The molecule has 0 saturated carbocycles. The molecule has 0 aliphatic heterocycles. The Hall–Kier alpha value is -2.74. The zero-order chi connectivity index (χ0) is 22.7. The van der Waals surface area contributed by atoms with E-state index in [9.17, 15) is 21.6 Å². The molecule has 0 aliphatic carbocycles. The van der Waals surface area contributed by atoms with Crippen LogP contribution in [-0.4, -0.2) is 58.8 Å². The summed E-state index contributed by atoms with van der Waals surface area (Å²) in [4.78, 5) is 14.1. The number of rotatable bonds is 7. The van der Waals surface area contributed by atoms with Gasteiger partial charge in [-0.2, -0.15) is 9.57 Å². The van der Waals surface area contributed by atoms with E-state index in [1.807, 2.05) is 6.07 Å². The maximum Gasteiger partial charge on any atom is 0.244 e. The minimum atomic E-state index is -4.03. The fraction of sp³-hybridized carbons (Fsp3) is 0.300. The monoisotopic (exact) mass is 449 g/mol. The molecule has 0 saturated heterocycles. The molecule has 1 atom stereocenters. The molecule has 2 rings (SSSR count). The van der Waals surface area contributed by atoms with Crippen molar-refractivity contribution < 1.29 is 21.6 Å². The van der Waals surface area contributed by atoms with Gasteiger partial charge in [-0.05, 0) is 36.8 Å². The summed E-state index contributed by atoms with van der Waals surface area (Å²) in [7, 11) is -4.53. The molecule has 10 heteroatoms. The number of hydrogen-bond donors (Lipinski definition) is 0. The van der Waals surface area contributed by atoms with Crippen molar-refractivity contribution in [3.8, 4) is 6.07 Å². The number of sulfonamides is 1. The lowest BCUT2D eigenvalue weighted by molar-refractivity contribution is -0.131. The van der Waals surface area contributed by atoms with Crippen LogP contribution in [0, 0.1) is 11.3 Å².